The molecule has 21 heavy (non-hydrogen) atoms. The molecule has 0 aliphatic carbocycles. The lowest BCUT2D eigenvalue weighted by Gasteiger charge is -2.30. The Bertz CT molecular complexity index is 600. The van der Waals surface area contributed by atoms with Crippen molar-refractivity contribution in [3.8, 4) is 0 Å². The van der Waals surface area contributed by atoms with Crippen LogP contribution in [0.1, 0.15) is 24.7 Å². The summed E-state index contributed by atoms with van der Waals surface area (Å²) in [4.78, 5) is 0.325. The minimum atomic E-state index is -3.52. The topological polar surface area (TPSA) is 64.4 Å². The van der Waals surface area contributed by atoms with Crippen molar-refractivity contribution < 1.29 is 13.2 Å². The molecule has 1 atom stereocenters. The molecule has 1 unspecified atom stereocenters. The fraction of sp³-hybridized carbons (Fsp3) is 0.769. The van der Waals surface area contributed by atoms with Gasteiger partial charge in [-0.25, -0.2) is 8.42 Å². The summed E-state index contributed by atoms with van der Waals surface area (Å²) in [6, 6.07) is 0. The number of nitrogens with zero attached hydrogens (tertiary/aromatic N) is 3. The number of rotatable bonds is 5. The number of hydrogen-bond donors (Lipinski definition) is 0. The molecule has 1 aliphatic heterocycles. The normalized spacial score (nSPS) is 20.9. The second-order valence-corrected chi connectivity index (χ2v) is 7.56. The Hall–Kier alpha value is -0.630. The zero-order valence-corrected chi connectivity index (χ0v) is 14.2. The maximum absolute atomic E-state index is 12.9. The molecular formula is C13H22ClN3O3S. The van der Waals surface area contributed by atoms with Crippen molar-refractivity contribution in [2.24, 2.45) is 0 Å². The summed E-state index contributed by atoms with van der Waals surface area (Å²) in [7, 11) is -3.52. The van der Waals surface area contributed by atoms with Crippen LogP contribution in [-0.2, 0) is 21.3 Å². The van der Waals surface area contributed by atoms with Crippen LogP contribution in [0.2, 0.25) is 0 Å². The third kappa shape index (κ3) is 3.41. The van der Waals surface area contributed by atoms with Gasteiger partial charge < -0.3 is 4.74 Å². The first kappa shape index (κ1) is 16.7. The minimum absolute atomic E-state index is 0.0829. The van der Waals surface area contributed by atoms with Crippen LogP contribution in [0.3, 0.4) is 0 Å². The molecule has 1 aliphatic rings. The van der Waals surface area contributed by atoms with E-state index in [0.29, 0.717) is 48.4 Å². The first-order valence-electron chi connectivity index (χ1n) is 7.09. The summed E-state index contributed by atoms with van der Waals surface area (Å²) in [5, 5.41) is 4.35. The average molecular weight is 336 g/mol. The highest BCUT2D eigenvalue weighted by Crippen LogP contribution is 2.25. The Labute approximate surface area is 131 Å². The maximum Gasteiger partial charge on any atom is 0.246 e. The van der Waals surface area contributed by atoms with E-state index in [1.54, 1.807) is 18.5 Å². The molecular weight excluding hydrogens is 314 g/mol. The molecule has 0 spiro atoms. The molecule has 1 aromatic rings. The number of aromatic nitrogens is 2. The van der Waals surface area contributed by atoms with Gasteiger partial charge >= 0.3 is 0 Å². The van der Waals surface area contributed by atoms with Gasteiger partial charge in [-0.15, -0.1) is 11.6 Å². The number of sulfonamides is 1. The Balaban J connectivity index is 2.33. The predicted molar refractivity (Wildman–Crippen MR) is 81.2 cm³/mol. The first-order valence-corrected chi connectivity index (χ1v) is 9.07. The van der Waals surface area contributed by atoms with Crippen LogP contribution in [0.5, 0.6) is 0 Å². The van der Waals surface area contributed by atoms with Crippen LogP contribution >= 0.6 is 11.6 Å². The van der Waals surface area contributed by atoms with Crippen molar-refractivity contribution in [3.63, 3.8) is 0 Å². The Morgan fingerprint density at radius 1 is 1.43 bits per heavy atom. The van der Waals surface area contributed by atoms with E-state index in [4.69, 9.17) is 16.3 Å². The van der Waals surface area contributed by atoms with Crippen LogP contribution in [0.25, 0.3) is 0 Å². The summed E-state index contributed by atoms with van der Waals surface area (Å²) >= 11 is 5.70. The van der Waals surface area contributed by atoms with E-state index in [1.165, 1.54) is 4.31 Å². The summed E-state index contributed by atoms with van der Waals surface area (Å²) in [6.07, 6.45) is 0.679. The van der Waals surface area contributed by atoms with E-state index in [-0.39, 0.29) is 6.10 Å². The van der Waals surface area contributed by atoms with Crippen LogP contribution in [0.15, 0.2) is 4.90 Å². The number of ether oxygens (including phenoxy) is 1. The highest BCUT2D eigenvalue weighted by molar-refractivity contribution is 7.89. The van der Waals surface area contributed by atoms with E-state index >= 15 is 0 Å². The third-order valence-electron chi connectivity index (χ3n) is 3.62. The molecule has 2 rings (SSSR count). The molecule has 0 bridgehead atoms. The van der Waals surface area contributed by atoms with Gasteiger partial charge in [0.1, 0.15) is 4.90 Å². The van der Waals surface area contributed by atoms with Crippen molar-refractivity contribution in [2.75, 3.05) is 25.6 Å². The van der Waals surface area contributed by atoms with E-state index in [9.17, 15) is 8.42 Å². The minimum Gasteiger partial charge on any atom is -0.376 e. The standard InChI is InChI=1S/C13H22ClN3O3S/c1-10-9-16(7-8-20-10)21(18,19)13-11(2)15-17(12(13)3)6-4-5-14/h10H,4-9H2,1-3H3. The first-order chi connectivity index (χ1) is 9.87. The average Bonchev–Trinajstić information content (AvgIpc) is 2.71. The second kappa shape index (κ2) is 6.64. The number of alkyl halides is 1. The van der Waals surface area contributed by atoms with Crippen LogP contribution in [-0.4, -0.2) is 54.2 Å². The van der Waals surface area contributed by atoms with Gasteiger partial charge in [0.2, 0.25) is 10.0 Å². The smallest absolute Gasteiger partial charge is 0.246 e. The number of morpholine rings is 1. The van der Waals surface area contributed by atoms with Crippen molar-refractivity contribution in [1.29, 1.82) is 0 Å². The monoisotopic (exact) mass is 335 g/mol. The van der Waals surface area contributed by atoms with Gasteiger partial charge in [-0.1, -0.05) is 0 Å². The summed E-state index contributed by atoms with van der Waals surface area (Å²) in [6.45, 7) is 7.24. The maximum atomic E-state index is 12.9. The second-order valence-electron chi connectivity index (χ2n) is 5.31. The molecule has 0 radical (unpaired) electrons. The quantitative estimate of drug-likeness (QED) is 0.766. The molecule has 1 saturated heterocycles. The Morgan fingerprint density at radius 3 is 2.76 bits per heavy atom. The van der Waals surface area contributed by atoms with Crippen LogP contribution in [0.4, 0.5) is 0 Å². The lowest BCUT2D eigenvalue weighted by molar-refractivity contribution is 0.0101. The molecule has 0 saturated carbocycles. The highest BCUT2D eigenvalue weighted by atomic mass is 35.5. The van der Waals surface area contributed by atoms with E-state index in [2.05, 4.69) is 5.10 Å². The molecule has 0 aromatic carbocycles. The largest absolute Gasteiger partial charge is 0.376 e. The number of halogens is 1. The van der Waals surface area contributed by atoms with Crippen LogP contribution < -0.4 is 0 Å². The van der Waals surface area contributed by atoms with E-state index < -0.39 is 10.0 Å². The fourth-order valence-corrected chi connectivity index (χ4v) is 4.61. The number of aryl methyl sites for hydroxylation is 2. The van der Waals surface area contributed by atoms with Crippen molar-refractivity contribution in [3.05, 3.63) is 11.4 Å². The summed E-state index contributed by atoms with van der Waals surface area (Å²) in [5.41, 5.74) is 1.22. The lowest BCUT2D eigenvalue weighted by atomic mass is 10.3. The Kier molecular flexibility index (Phi) is 5.29. The summed E-state index contributed by atoms with van der Waals surface area (Å²) < 4.78 is 34.3. The van der Waals surface area contributed by atoms with Gasteiger partial charge in [-0.2, -0.15) is 9.40 Å². The third-order valence-corrected chi connectivity index (χ3v) is 6.01. The molecule has 0 amide bonds. The van der Waals surface area contributed by atoms with Crippen molar-refractivity contribution in [2.45, 2.75) is 44.7 Å². The lowest BCUT2D eigenvalue weighted by Crippen LogP contribution is -2.44. The summed E-state index contributed by atoms with van der Waals surface area (Å²) in [5.74, 6) is 0.529. The zero-order chi connectivity index (χ0) is 15.6. The van der Waals surface area contributed by atoms with Gasteiger partial charge in [0, 0.05) is 25.5 Å². The highest BCUT2D eigenvalue weighted by Gasteiger charge is 2.33. The number of hydrogen-bond acceptors (Lipinski definition) is 4. The molecule has 120 valence electrons. The molecule has 2 heterocycles. The fourth-order valence-electron chi connectivity index (χ4n) is 2.61. The van der Waals surface area contributed by atoms with E-state index in [0.717, 1.165) is 6.42 Å². The SMILES string of the molecule is Cc1nn(CCCCl)c(C)c1S(=O)(=O)N1CCOC(C)C1. The van der Waals surface area contributed by atoms with Crippen LogP contribution in [0, 0.1) is 13.8 Å². The Morgan fingerprint density at radius 2 is 2.14 bits per heavy atom. The molecule has 0 N–H and O–H groups in total. The molecule has 6 nitrogen and oxygen atoms in total. The van der Waals surface area contributed by atoms with Gasteiger partial charge in [0.15, 0.2) is 0 Å². The van der Waals surface area contributed by atoms with E-state index in [1.807, 2.05) is 6.92 Å². The van der Waals surface area contributed by atoms with Crippen molar-refractivity contribution >= 4 is 21.6 Å². The zero-order valence-electron chi connectivity index (χ0n) is 12.7. The molecule has 1 fully saturated rings. The van der Waals surface area contributed by atoms with Gasteiger partial charge in [0.05, 0.1) is 24.1 Å². The van der Waals surface area contributed by atoms with Gasteiger partial charge in [-0.3, -0.25) is 4.68 Å². The van der Waals surface area contributed by atoms with Gasteiger partial charge in [-0.05, 0) is 27.2 Å². The predicted octanol–water partition coefficient (Wildman–Crippen LogP) is 1.54. The van der Waals surface area contributed by atoms with Gasteiger partial charge in [0.25, 0.3) is 0 Å². The van der Waals surface area contributed by atoms with Crippen molar-refractivity contribution in [1.82, 2.24) is 14.1 Å². The molecule has 1 aromatic heterocycles. The molecule has 8 heteroatoms.